The standard InChI is InChI=1S/C21H23ClN2O3S/c1-13-2-7-17(8-3-13)28(26,27)24-16-6-9-19(22)18(12-16)21(25)23-20-11-14-4-5-15(20)10-14/h2-3,6-9,12,14-15,20,24H,4-5,10-11H2,1H3,(H,23,25)/t14-,15-,20-/m1/s1. The Kier molecular flexibility index (Phi) is 5.10. The van der Waals surface area contributed by atoms with Crippen LogP contribution < -0.4 is 10.0 Å². The molecule has 3 atom stereocenters. The highest BCUT2D eigenvalue weighted by Crippen LogP contribution is 2.44. The van der Waals surface area contributed by atoms with Crippen LogP contribution in [0.25, 0.3) is 0 Å². The SMILES string of the molecule is Cc1ccc(S(=O)(=O)Nc2ccc(Cl)c(C(=O)N[C@@H]3C[C@@H]4CC[C@@H]3C4)c2)cc1. The summed E-state index contributed by atoms with van der Waals surface area (Å²) >= 11 is 6.22. The zero-order chi connectivity index (χ0) is 19.9. The Bertz CT molecular complexity index is 1000. The molecule has 5 nitrogen and oxygen atoms in total. The van der Waals surface area contributed by atoms with Crippen molar-refractivity contribution in [1.82, 2.24) is 5.32 Å². The zero-order valence-corrected chi connectivity index (χ0v) is 17.2. The summed E-state index contributed by atoms with van der Waals surface area (Å²) in [6, 6.07) is 11.4. The Balaban J connectivity index is 1.52. The number of sulfonamides is 1. The van der Waals surface area contributed by atoms with Gasteiger partial charge in [-0.3, -0.25) is 9.52 Å². The van der Waals surface area contributed by atoms with Crippen molar-refractivity contribution in [3.05, 3.63) is 58.6 Å². The predicted molar refractivity (Wildman–Crippen MR) is 110 cm³/mol. The number of carbonyl (C=O) groups is 1. The van der Waals surface area contributed by atoms with Crippen LogP contribution in [0.15, 0.2) is 47.4 Å². The third-order valence-electron chi connectivity index (χ3n) is 5.85. The van der Waals surface area contributed by atoms with Crippen LogP contribution >= 0.6 is 11.6 Å². The van der Waals surface area contributed by atoms with Gasteiger partial charge in [0, 0.05) is 11.7 Å². The van der Waals surface area contributed by atoms with Gasteiger partial charge in [0.2, 0.25) is 0 Å². The molecule has 0 heterocycles. The summed E-state index contributed by atoms with van der Waals surface area (Å²) in [4.78, 5) is 12.9. The molecule has 0 aromatic heterocycles. The average Bonchev–Trinajstić information content (AvgIpc) is 3.26. The number of amides is 1. The first-order valence-corrected chi connectivity index (χ1v) is 11.4. The number of anilines is 1. The molecular formula is C21H23ClN2O3S. The summed E-state index contributed by atoms with van der Waals surface area (Å²) in [5.74, 6) is 1.02. The molecule has 0 radical (unpaired) electrons. The Morgan fingerprint density at radius 3 is 2.46 bits per heavy atom. The third kappa shape index (κ3) is 3.89. The molecule has 2 aromatic rings. The van der Waals surface area contributed by atoms with Crippen LogP contribution in [-0.2, 0) is 10.0 Å². The molecule has 2 fully saturated rings. The fourth-order valence-electron chi connectivity index (χ4n) is 4.36. The smallest absolute Gasteiger partial charge is 0.261 e. The van der Waals surface area contributed by atoms with Crippen molar-refractivity contribution in [2.45, 2.75) is 43.5 Å². The molecular weight excluding hydrogens is 396 g/mol. The number of rotatable bonds is 5. The third-order valence-corrected chi connectivity index (χ3v) is 7.58. The van der Waals surface area contributed by atoms with Gasteiger partial charge in [0.1, 0.15) is 0 Å². The molecule has 2 aliphatic carbocycles. The van der Waals surface area contributed by atoms with E-state index in [4.69, 9.17) is 11.6 Å². The molecule has 0 saturated heterocycles. The number of benzene rings is 2. The Morgan fingerprint density at radius 2 is 1.82 bits per heavy atom. The van der Waals surface area contributed by atoms with Gasteiger partial charge in [-0.2, -0.15) is 0 Å². The maximum Gasteiger partial charge on any atom is 0.261 e. The summed E-state index contributed by atoms with van der Waals surface area (Å²) in [5.41, 5.74) is 1.57. The van der Waals surface area contributed by atoms with Gasteiger partial charge in [0.25, 0.3) is 15.9 Å². The van der Waals surface area contributed by atoms with Crippen molar-refractivity contribution in [2.24, 2.45) is 11.8 Å². The molecule has 28 heavy (non-hydrogen) atoms. The van der Waals surface area contributed by atoms with Crippen molar-refractivity contribution in [3.63, 3.8) is 0 Å². The second kappa shape index (κ2) is 7.41. The number of aryl methyl sites for hydroxylation is 1. The van der Waals surface area contributed by atoms with Gasteiger partial charge >= 0.3 is 0 Å². The van der Waals surface area contributed by atoms with E-state index in [2.05, 4.69) is 10.0 Å². The fraction of sp³-hybridized carbons (Fsp3) is 0.381. The highest BCUT2D eigenvalue weighted by Gasteiger charge is 2.40. The number of halogens is 1. The lowest BCUT2D eigenvalue weighted by atomic mass is 9.95. The molecule has 4 rings (SSSR count). The molecule has 148 valence electrons. The monoisotopic (exact) mass is 418 g/mol. The fourth-order valence-corrected chi connectivity index (χ4v) is 5.61. The first-order chi connectivity index (χ1) is 13.3. The predicted octanol–water partition coefficient (Wildman–Crippen LogP) is 4.37. The minimum atomic E-state index is -3.74. The summed E-state index contributed by atoms with van der Waals surface area (Å²) in [6.07, 6.45) is 4.64. The van der Waals surface area contributed by atoms with Crippen molar-refractivity contribution in [2.75, 3.05) is 4.72 Å². The minimum absolute atomic E-state index is 0.168. The van der Waals surface area contributed by atoms with Crippen molar-refractivity contribution >= 4 is 33.2 Å². The lowest BCUT2D eigenvalue weighted by Crippen LogP contribution is -2.38. The number of fused-ring (bicyclic) bond motifs is 2. The maximum absolute atomic E-state index is 12.8. The number of hydrogen-bond donors (Lipinski definition) is 2. The summed E-state index contributed by atoms with van der Waals surface area (Å²) < 4.78 is 27.7. The van der Waals surface area contributed by atoms with Gasteiger partial charge in [0.15, 0.2) is 0 Å². The first kappa shape index (κ1) is 19.3. The number of nitrogens with one attached hydrogen (secondary N) is 2. The van der Waals surface area contributed by atoms with Crippen molar-refractivity contribution < 1.29 is 13.2 Å². The van der Waals surface area contributed by atoms with E-state index in [0.29, 0.717) is 16.6 Å². The van der Waals surface area contributed by atoms with Crippen molar-refractivity contribution in [1.29, 1.82) is 0 Å². The van der Waals surface area contributed by atoms with E-state index in [-0.39, 0.29) is 22.4 Å². The topological polar surface area (TPSA) is 75.3 Å². The number of carbonyl (C=O) groups excluding carboxylic acids is 1. The molecule has 0 unspecified atom stereocenters. The van der Waals surface area contributed by atoms with Crippen molar-refractivity contribution in [3.8, 4) is 0 Å². The number of hydrogen-bond acceptors (Lipinski definition) is 3. The maximum atomic E-state index is 12.8. The van der Waals surface area contributed by atoms with Gasteiger partial charge in [-0.25, -0.2) is 8.42 Å². The van der Waals surface area contributed by atoms with Gasteiger partial charge in [-0.15, -0.1) is 0 Å². The van der Waals surface area contributed by atoms with Crippen LogP contribution in [0.4, 0.5) is 5.69 Å². The Morgan fingerprint density at radius 1 is 1.07 bits per heavy atom. The van der Waals surface area contributed by atoms with Crippen LogP contribution in [0.2, 0.25) is 5.02 Å². The van der Waals surface area contributed by atoms with Crippen LogP contribution in [0, 0.1) is 18.8 Å². The van der Waals surface area contributed by atoms with Gasteiger partial charge in [-0.05, 0) is 68.4 Å². The van der Waals surface area contributed by atoms with E-state index in [1.807, 2.05) is 6.92 Å². The molecule has 2 aliphatic rings. The average molecular weight is 419 g/mol. The molecule has 2 bridgehead atoms. The normalized spacial score (nSPS) is 23.6. The van der Waals surface area contributed by atoms with E-state index in [1.54, 1.807) is 36.4 Å². The van der Waals surface area contributed by atoms with E-state index >= 15 is 0 Å². The van der Waals surface area contributed by atoms with Crippen LogP contribution in [0.3, 0.4) is 0 Å². The van der Waals surface area contributed by atoms with E-state index < -0.39 is 10.0 Å². The Labute approximate surface area is 170 Å². The highest BCUT2D eigenvalue weighted by atomic mass is 35.5. The molecule has 1 amide bonds. The van der Waals surface area contributed by atoms with E-state index in [9.17, 15) is 13.2 Å². The summed E-state index contributed by atoms with van der Waals surface area (Å²) in [5, 5.41) is 3.40. The minimum Gasteiger partial charge on any atom is -0.349 e. The van der Waals surface area contributed by atoms with Gasteiger partial charge < -0.3 is 5.32 Å². The Hall–Kier alpha value is -2.05. The summed E-state index contributed by atoms with van der Waals surface area (Å²) in [7, 11) is -3.74. The largest absolute Gasteiger partial charge is 0.349 e. The van der Waals surface area contributed by atoms with E-state index in [1.165, 1.54) is 25.3 Å². The molecule has 0 aliphatic heterocycles. The second-order valence-electron chi connectivity index (χ2n) is 7.87. The molecule has 2 N–H and O–H groups in total. The van der Waals surface area contributed by atoms with Gasteiger partial charge in [0.05, 0.1) is 15.5 Å². The second-order valence-corrected chi connectivity index (χ2v) is 9.96. The lowest BCUT2D eigenvalue weighted by molar-refractivity contribution is 0.0923. The van der Waals surface area contributed by atoms with Crippen LogP contribution in [0.5, 0.6) is 0 Å². The first-order valence-electron chi connectivity index (χ1n) is 9.52. The molecule has 7 heteroatoms. The highest BCUT2D eigenvalue weighted by molar-refractivity contribution is 7.92. The van der Waals surface area contributed by atoms with Gasteiger partial charge in [-0.1, -0.05) is 35.7 Å². The molecule has 2 saturated carbocycles. The lowest BCUT2D eigenvalue weighted by Gasteiger charge is -2.23. The van der Waals surface area contributed by atoms with E-state index in [0.717, 1.165) is 17.9 Å². The van der Waals surface area contributed by atoms with Crippen LogP contribution in [0.1, 0.15) is 41.6 Å². The van der Waals surface area contributed by atoms with Crippen LogP contribution in [-0.4, -0.2) is 20.4 Å². The molecule has 2 aromatic carbocycles. The summed E-state index contributed by atoms with van der Waals surface area (Å²) in [6.45, 7) is 1.89. The molecule has 0 spiro atoms. The zero-order valence-electron chi connectivity index (χ0n) is 15.6. The quantitative estimate of drug-likeness (QED) is 0.757.